The molecule has 0 aliphatic heterocycles. The first-order chi connectivity index (χ1) is 11.2. The molecule has 3 atom stereocenters. The highest BCUT2D eigenvalue weighted by Crippen LogP contribution is 2.61. The van der Waals surface area contributed by atoms with E-state index >= 15 is 0 Å². The van der Waals surface area contributed by atoms with Gasteiger partial charge in [-0.1, -0.05) is 13.8 Å². The third kappa shape index (κ3) is 2.73. The quantitative estimate of drug-likeness (QED) is 0.384. The fourth-order valence-electron chi connectivity index (χ4n) is 4.44. The molecule has 0 amide bonds. The monoisotopic (exact) mass is 347 g/mol. The third-order valence-electron chi connectivity index (χ3n) is 6.37. The SMILES string of the molecule is CC1(C)[C@@H]2CC[C@@H](C2)[C@@]1(C)NC(=S)N/N=C\c1ccc(O)cc1O. The second kappa shape index (κ2) is 5.92. The maximum Gasteiger partial charge on any atom is 0.187 e. The molecule has 6 heteroatoms. The Labute approximate surface area is 148 Å². The number of phenolic OH excluding ortho intramolecular Hbond substituents is 2. The van der Waals surface area contributed by atoms with Crippen molar-refractivity contribution in [1.29, 1.82) is 0 Å². The minimum Gasteiger partial charge on any atom is -0.508 e. The van der Waals surface area contributed by atoms with Gasteiger partial charge in [0.25, 0.3) is 0 Å². The van der Waals surface area contributed by atoms with Crippen molar-refractivity contribution >= 4 is 23.5 Å². The highest BCUT2D eigenvalue weighted by Gasteiger charge is 2.60. The number of nitrogens with zero attached hydrogens (tertiary/aromatic N) is 1. The second-order valence-electron chi connectivity index (χ2n) is 7.70. The number of aromatic hydroxyl groups is 2. The molecule has 2 aliphatic rings. The summed E-state index contributed by atoms with van der Waals surface area (Å²) in [5, 5.41) is 27.1. The Morgan fingerprint density at radius 3 is 2.58 bits per heavy atom. The largest absolute Gasteiger partial charge is 0.508 e. The van der Waals surface area contributed by atoms with Crippen molar-refractivity contribution in [2.45, 2.75) is 45.6 Å². The van der Waals surface area contributed by atoms with Gasteiger partial charge in [0.1, 0.15) is 11.5 Å². The molecule has 1 aromatic rings. The molecule has 2 saturated carbocycles. The fourth-order valence-corrected chi connectivity index (χ4v) is 4.70. The molecule has 0 radical (unpaired) electrons. The summed E-state index contributed by atoms with van der Waals surface area (Å²) in [7, 11) is 0. The molecule has 2 aliphatic carbocycles. The number of fused-ring (bicyclic) bond motifs is 2. The summed E-state index contributed by atoms with van der Waals surface area (Å²) >= 11 is 5.41. The summed E-state index contributed by atoms with van der Waals surface area (Å²) in [6.07, 6.45) is 5.32. The van der Waals surface area contributed by atoms with Gasteiger partial charge in [-0.15, -0.1) is 0 Å². The summed E-state index contributed by atoms with van der Waals surface area (Å²) in [6.45, 7) is 6.91. The lowest BCUT2D eigenvalue weighted by molar-refractivity contribution is 0.0833. The van der Waals surface area contributed by atoms with Crippen LogP contribution in [-0.2, 0) is 0 Å². The maximum atomic E-state index is 9.74. The van der Waals surface area contributed by atoms with E-state index in [2.05, 4.69) is 36.6 Å². The number of thiocarbonyl (C=S) groups is 1. The summed E-state index contributed by atoms with van der Waals surface area (Å²) < 4.78 is 0. The average Bonchev–Trinajstić information content (AvgIpc) is 3.05. The van der Waals surface area contributed by atoms with Crippen LogP contribution < -0.4 is 10.7 Å². The van der Waals surface area contributed by atoms with Crippen LogP contribution in [0.3, 0.4) is 0 Å². The van der Waals surface area contributed by atoms with E-state index in [1.54, 1.807) is 6.07 Å². The topological polar surface area (TPSA) is 76.9 Å². The Morgan fingerprint density at radius 1 is 1.25 bits per heavy atom. The lowest BCUT2D eigenvalue weighted by Gasteiger charge is -2.48. The molecule has 0 heterocycles. The zero-order valence-electron chi connectivity index (χ0n) is 14.3. The number of benzene rings is 1. The van der Waals surface area contributed by atoms with Gasteiger partial charge in [0, 0.05) is 17.2 Å². The zero-order chi connectivity index (χ0) is 17.5. The van der Waals surface area contributed by atoms with Gasteiger partial charge in [-0.05, 0) is 67.8 Å². The number of hydrogen-bond acceptors (Lipinski definition) is 4. The van der Waals surface area contributed by atoms with E-state index in [0.29, 0.717) is 16.6 Å². The third-order valence-corrected chi connectivity index (χ3v) is 6.56. The molecule has 1 aromatic carbocycles. The van der Waals surface area contributed by atoms with Crippen molar-refractivity contribution < 1.29 is 10.2 Å². The summed E-state index contributed by atoms with van der Waals surface area (Å²) in [5.41, 5.74) is 3.51. The summed E-state index contributed by atoms with van der Waals surface area (Å²) in [6, 6.07) is 4.36. The van der Waals surface area contributed by atoms with Crippen LogP contribution in [0.4, 0.5) is 0 Å². The first-order valence-electron chi connectivity index (χ1n) is 8.37. The molecule has 0 aromatic heterocycles. The number of nitrogens with one attached hydrogen (secondary N) is 2. The van der Waals surface area contributed by atoms with Crippen molar-refractivity contribution in [1.82, 2.24) is 10.7 Å². The second-order valence-corrected chi connectivity index (χ2v) is 8.11. The number of hydrazone groups is 1. The van der Waals surface area contributed by atoms with Crippen LogP contribution in [0.25, 0.3) is 0 Å². The zero-order valence-corrected chi connectivity index (χ0v) is 15.2. The average molecular weight is 347 g/mol. The highest BCUT2D eigenvalue weighted by atomic mass is 32.1. The van der Waals surface area contributed by atoms with E-state index in [1.807, 2.05) is 0 Å². The number of phenols is 2. The number of hydrogen-bond donors (Lipinski definition) is 4. The van der Waals surface area contributed by atoms with Gasteiger partial charge in [0.05, 0.1) is 6.21 Å². The van der Waals surface area contributed by atoms with Crippen LogP contribution in [-0.4, -0.2) is 27.1 Å². The van der Waals surface area contributed by atoms with E-state index in [1.165, 1.54) is 37.6 Å². The van der Waals surface area contributed by atoms with Gasteiger partial charge in [-0.3, -0.25) is 5.43 Å². The van der Waals surface area contributed by atoms with Crippen molar-refractivity contribution in [2.24, 2.45) is 22.4 Å². The van der Waals surface area contributed by atoms with E-state index in [9.17, 15) is 10.2 Å². The smallest absolute Gasteiger partial charge is 0.187 e. The van der Waals surface area contributed by atoms with Gasteiger partial charge in [0.15, 0.2) is 5.11 Å². The van der Waals surface area contributed by atoms with Crippen LogP contribution >= 0.6 is 12.2 Å². The van der Waals surface area contributed by atoms with E-state index < -0.39 is 0 Å². The number of rotatable bonds is 3. The van der Waals surface area contributed by atoms with E-state index in [0.717, 1.165) is 5.92 Å². The molecular formula is C18H25N3O2S. The lowest BCUT2D eigenvalue weighted by atomic mass is 9.64. The maximum absolute atomic E-state index is 9.74. The fraction of sp³-hybridized carbons (Fsp3) is 0.556. The summed E-state index contributed by atoms with van der Waals surface area (Å²) in [4.78, 5) is 0. The van der Waals surface area contributed by atoms with Gasteiger partial charge in [0.2, 0.25) is 0 Å². The van der Waals surface area contributed by atoms with Gasteiger partial charge in [-0.2, -0.15) is 5.10 Å². The lowest BCUT2D eigenvalue weighted by Crippen LogP contribution is -2.60. The highest BCUT2D eigenvalue weighted by molar-refractivity contribution is 7.80. The van der Waals surface area contributed by atoms with Crippen molar-refractivity contribution in [3.63, 3.8) is 0 Å². The molecule has 0 unspecified atom stereocenters. The Kier molecular flexibility index (Phi) is 4.20. The molecule has 0 saturated heterocycles. The molecule has 2 fully saturated rings. The van der Waals surface area contributed by atoms with Crippen LogP contribution in [0.1, 0.15) is 45.6 Å². The van der Waals surface area contributed by atoms with Crippen LogP contribution in [0, 0.1) is 17.3 Å². The molecule has 130 valence electrons. The molecular weight excluding hydrogens is 322 g/mol. The Morgan fingerprint density at radius 2 is 1.96 bits per heavy atom. The predicted octanol–water partition coefficient (Wildman–Crippen LogP) is 3.11. The minimum atomic E-state index is -0.0316. The standard InChI is InChI=1S/C18H25N3O2S/c1-17(2)12-5-6-13(8-12)18(17,3)20-16(24)21-19-10-11-4-7-14(22)9-15(11)23/h4,7,9-10,12-13,22-23H,5-6,8H2,1-3H3,(H2,20,21,24)/b19-10-/t12-,13+,18-/m1/s1. The Bertz CT molecular complexity index is 689. The summed E-state index contributed by atoms with van der Waals surface area (Å²) in [5.74, 6) is 1.38. The molecule has 4 N–H and O–H groups in total. The van der Waals surface area contributed by atoms with E-state index in [-0.39, 0.29) is 22.5 Å². The molecule has 24 heavy (non-hydrogen) atoms. The molecule has 3 rings (SSSR count). The molecule has 0 spiro atoms. The van der Waals surface area contributed by atoms with Gasteiger partial charge < -0.3 is 15.5 Å². The molecule has 5 nitrogen and oxygen atoms in total. The Balaban J connectivity index is 1.63. The van der Waals surface area contributed by atoms with Crippen molar-refractivity contribution in [3.05, 3.63) is 23.8 Å². The Hall–Kier alpha value is -1.82. The van der Waals surface area contributed by atoms with E-state index in [4.69, 9.17) is 12.2 Å². The molecule has 2 bridgehead atoms. The van der Waals surface area contributed by atoms with Gasteiger partial charge in [-0.25, -0.2) is 0 Å². The van der Waals surface area contributed by atoms with Crippen molar-refractivity contribution in [2.75, 3.05) is 0 Å². The normalized spacial score (nSPS) is 30.6. The van der Waals surface area contributed by atoms with Crippen LogP contribution in [0.5, 0.6) is 11.5 Å². The minimum absolute atomic E-state index is 0.0150. The van der Waals surface area contributed by atoms with Crippen molar-refractivity contribution in [3.8, 4) is 11.5 Å². The first kappa shape index (κ1) is 17.0. The van der Waals surface area contributed by atoms with Crippen LogP contribution in [0.2, 0.25) is 0 Å². The first-order valence-corrected chi connectivity index (χ1v) is 8.78. The predicted molar refractivity (Wildman–Crippen MR) is 99.3 cm³/mol. The van der Waals surface area contributed by atoms with Crippen LogP contribution in [0.15, 0.2) is 23.3 Å². The van der Waals surface area contributed by atoms with Gasteiger partial charge >= 0.3 is 0 Å².